The first-order valence-electron chi connectivity index (χ1n) is 11.7. The maximum Gasteiger partial charge on any atom is 0.431 e. The molecule has 12 heteroatoms. The maximum atomic E-state index is 16.3. The Morgan fingerprint density at radius 3 is 1.97 bits per heavy atom. The van der Waals surface area contributed by atoms with E-state index >= 15 is 4.39 Å². The summed E-state index contributed by atoms with van der Waals surface area (Å²) < 4.78 is 80.7. The second kappa shape index (κ2) is 11.9. The molecule has 39 heavy (non-hydrogen) atoms. The predicted octanol–water partition coefficient (Wildman–Crippen LogP) is 5.55. The van der Waals surface area contributed by atoms with Crippen LogP contribution < -0.4 is 0 Å². The molecule has 1 aliphatic heterocycles. The molecule has 1 aliphatic rings. The third kappa shape index (κ3) is 6.41. The van der Waals surface area contributed by atoms with Gasteiger partial charge in [-0.15, -0.1) is 0 Å². The van der Waals surface area contributed by atoms with Crippen molar-refractivity contribution in [3.05, 3.63) is 112 Å². The zero-order valence-corrected chi connectivity index (χ0v) is 20.3. The third-order valence-electron chi connectivity index (χ3n) is 6.05. The molecule has 1 saturated heterocycles. The van der Waals surface area contributed by atoms with Crippen molar-refractivity contribution < 1.29 is 46.2 Å². The molecule has 1 heterocycles. The van der Waals surface area contributed by atoms with Gasteiger partial charge in [0.1, 0.15) is 12.2 Å². The number of carbonyl (C=O) groups is 1. The van der Waals surface area contributed by atoms with Crippen molar-refractivity contribution in [3.63, 3.8) is 0 Å². The van der Waals surface area contributed by atoms with E-state index in [-0.39, 0.29) is 24.5 Å². The minimum atomic E-state index is -5.61. The SMILES string of the molecule is O=C(O[C@@H]1OC[C@@H](OCc2ccccc2)[C@@H](OCc2ccccc2)[C@@]1(F)C(F)(F)F)c1ccc([N+](=O)[O-])cc1. The van der Waals surface area contributed by atoms with Gasteiger partial charge in [-0.25, -0.2) is 9.18 Å². The molecule has 3 aromatic carbocycles. The lowest BCUT2D eigenvalue weighted by Crippen LogP contribution is -2.69. The lowest BCUT2D eigenvalue weighted by molar-refractivity contribution is -0.384. The second-order valence-corrected chi connectivity index (χ2v) is 8.69. The van der Waals surface area contributed by atoms with Crippen LogP contribution >= 0.6 is 0 Å². The summed E-state index contributed by atoms with van der Waals surface area (Å²) in [5.74, 6) is -1.37. The standard InChI is InChI=1S/C27H23F4NO7/c28-26(27(29,30)31)23(37-16-19-9-5-2-6-10-19)22(36-15-18-7-3-1-4-8-18)17-38-25(26)39-24(33)20-11-13-21(14-12-20)32(34)35/h1-14,22-23,25H,15-17H2/t22-,23-,25+,26+/m1/s1. The molecule has 0 spiro atoms. The fourth-order valence-electron chi connectivity index (χ4n) is 4.00. The number of non-ortho nitro benzene ring substituents is 1. The summed E-state index contributed by atoms with van der Waals surface area (Å²) in [5, 5.41) is 10.8. The Hall–Kier alpha value is -3.87. The Morgan fingerprint density at radius 2 is 1.46 bits per heavy atom. The minimum absolute atomic E-state index is 0.152. The Kier molecular flexibility index (Phi) is 8.58. The highest BCUT2D eigenvalue weighted by molar-refractivity contribution is 5.89. The van der Waals surface area contributed by atoms with E-state index in [0.29, 0.717) is 11.1 Å². The summed E-state index contributed by atoms with van der Waals surface area (Å²) in [6.07, 6.45) is -12.1. The van der Waals surface area contributed by atoms with Gasteiger partial charge in [-0.1, -0.05) is 60.7 Å². The molecule has 0 aromatic heterocycles. The van der Waals surface area contributed by atoms with Gasteiger partial charge in [0, 0.05) is 12.1 Å². The van der Waals surface area contributed by atoms with Crippen molar-refractivity contribution in [1.82, 2.24) is 0 Å². The van der Waals surface area contributed by atoms with Gasteiger partial charge in [0.25, 0.3) is 11.4 Å². The number of halogens is 4. The van der Waals surface area contributed by atoms with E-state index in [9.17, 15) is 28.1 Å². The van der Waals surface area contributed by atoms with E-state index in [0.717, 1.165) is 24.3 Å². The average Bonchev–Trinajstić information content (AvgIpc) is 2.93. The van der Waals surface area contributed by atoms with Crippen molar-refractivity contribution >= 4 is 11.7 Å². The van der Waals surface area contributed by atoms with Crippen LogP contribution in [0.25, 0.3) is 0 Å². The third-order valence-corrected chi connectivity index (χ3v) is 6.05. The second-order valence-electron chi connectivity index (χ2n) is 8.69. The van der Waals surface area contributed by atoms with Crippen LogP contribution in [0.5, 0.6) is 0 Å². The van der Waals surface area contributed by atoms with Crippen LogP contribution in [-0.2, 0) is 32.2 Å². The van der Waals surface area contributed by atoms with Gasteiger partial charge >= 0.3 is 12.1 Å². The van der Waals surface area contributed by atoms with E-state index in [1.807, 2.05) is 0 Å². The predicted molar refractivity (Wildman–Crippen MR) is 128 cm³/mol. The molecule has 0 amide bonds. The zero-order chi connectivity index (χ0) is 28.0. The molecule has 0 radical (unpaired) electrons. The molecular formula is C27H23F4NO7. The molecule has 0 N–H and O–H groups in total. The number of carbonyl (C=O) groups excluding carboxylic acids is 1. The molecule has 4 atom stereocenters. The molecule has 8 nitrogen and oxygen atoms in total. The zero-order valence-electron chi connectivity index (χ0n) is 20.3. The highest BCUT2D eigenvalue weighted by atomic mass is 19.4. The van der Waals surface area contributed by atoms with Crippen LogP contribution in [0.1, 0.15) is 21.5 Å². The number of esters is 1. The van der Waals surface area contributed by atoms with Crippen molar-refractivity contribution in [2.24, 2.45) is 0 Å². The van der Waals surface area contributed by atoms with Crippen LogP contribution in [0.2, 0.25) is 0 Å². The normalized spacial score (nSPS) is 23.2. The highest BCUT2D eigenvalue weighted by Gasteiger charge is 2.72. The summed E-state index contributed by atoms with van der Waals surface area (Å²) in [7, 11) is 0. The number of hydrogen-bond acceptors (Lipinski definition) is 7. The van der Waals surface area contributed by atoms with Crippen LogP contribution in [-0.4, -0.2) is 47.8 Å². The van der Waals surface area contributed by atoms with Gasteiger partial charge in [0.05, 0.1) is 30.3 Å². The fraction of sp³-hybridized carbons (Fsp3) is 0.296. The number of nitro benzene ring substituents is 1. The number of alkyl halides is 4. The Balaban J connectivity index is 1.61. The molecule has 3 aromatic rings. The summed E-state index contributed by atoms with van der Waals surface area (Å²) in [4.78, 5) is 22.7. The number of ether oxygens (including phenoxy) is 4. The lowest BCUT2D eigenvalue weighted by atomic mass is 9.90. The topological polar surface area (TPSA) is 97.1 Å². The molecule has 1 fully saturated rings. The summed E-state index contributed by atoms with van der Waals surface area (Å²) in [5.41, 5.74) is -3.91. The maximum absolute atomic E-state index is 16.3. The minimum Gasteiger partial charge on any atom is -0.428 e. The Morgan fingerprint density at radius 1 is 0.923 bits per heavy atom. The Bertz CT molecular complexity index is 1260. The Labute approximate surface area is 220 Å². The molecule has 0 unspecified atom stereocenters. The molecule has 0 saturated carbocycles. The monoisotopic (exact) mass is 549 g/mol. The van der Waals surface area contributed by atoms with Crippen LogP contribution in [0.15, 0.2) is 84.9 Å². The van der Waals surface area contributed by atoms with Crippen LogP contribution in [0, 0.1) is 10.1 Å². The van der Waals surface area contributed by atoms with Crippen LogP contribution in [0.3, 0.4) is 0 Å². The van der Waals surface area contributed by atoms with Crippen LogP contribution in [0.4, 0.5) is 23.2 Å². The molecular weight excluding hydrogens is 526 g/mol. The van der Waals surface area contributed by atoms with Crippen molar-refractivity contribution in [2.75, 3.05) is 6.61 Å². The number of hydrogen-bond donors (Lipinski definition) is 0. The number of nitrogens with zero attached hydrogens (tertiary/aromatic N) is 1. The van der Waals surface area contributed by atoms with E-state index < -0.39 is 47.8 Å². The van der Waals surface area contributed by atoms with Gasteiger partial charge in [0.2, 0.25) is 6.29 Å². The first-order valence-corrected chi connectivity index (χ1v) is 11.7. The smallest absolute Gasteiger partial charge is 0.428 e. The fourth-order valence-corrected chi connectivity index (χ4v) is 4.00. The van der Waals surface area contributed by atoms with E-state index in [1.54, 1.807) is 60.7 Å². The highest BCUT2D eigenvalue weighted by Crippen LogP contribution is 2.47. The first-order chi connectivity index (χ1) is 18.6. The summed E-state index contributed by atoms with van der Waals surface area (Å²) in [6, 6.07) is 20.6. The van der Waals surface area contributed by atoms with Gasteiger partial charge in [-0.05, 0) is 23.3 Å². The van der Waals surface area contributed by atoms with E-state index in [4.69, 9.17) is 18.9 Å². The lowest BCUT2D eigenvalue weighted by Gasteiger charge is -2.46. The van der Waals surface area contributed by atoms with E-state index in [2.05, 4.69) is 0 Å². The van der Waals surface area contributed by atoms with Gasteiger partial charge in [-0.2, -0.15) is 13.2 Å². The molecule has 206 valence electrons. The van der Waals surface area contributed by atoms with Crippen molar-refractivity contribution in [2.45, 2.75) is 43.6 Å². The quantitative estimate of drug-likeness (QED) is 0.149. The number of nitro groups is 1. The van der Waals surface area contributed by atoms with Gasteiger partial charge in [0.15, 0.2) is 0 Å². The number of rotatable bonds is 9. The average molecular weight is 549 g/mol. The molecule has 0 aliphatic carbocycles. The van der Waals surface area contributed by atoms with Crippen molar-refractivity contribution in [1.29, 1.82) is 0 Å². The first kappa shape index (κ1) is 28.1. The van der Waals surface area contributed by atoms with Gasteiger partial charge < -0.3 is 18.9 Å². The molecule has 0 bridgehead atoms. The largest absolute Gasteiger partial charge is 0.431 e. The summed E-state index contributed by atoms with van der Waals surface area (Å²) in [6.45, 7) is -1.12. The van der Waals surface area contributed by atoms with Crippen molar-refractivity contribution in [3.8, 4) is 0 Å². The van der Waals surface area contributed by atoms with Gasteiger partial charge in [-0.3, -0.25) is 10.1 Å². The van der Waals surface area contributed by atoms with E-state index in [1.165, 1.54) is 0 Å². The summed E-state index contributed by atoms with van der Waals surface area (Å²) >= 11 is 0. The molecule has 4 rings (SSSR count). The number of benzene rings is 3.